The first-order chi connectivity index (χ1) is 17.9. The van der Waals surface area contributed by atoms with E-state index in [-0.39, 0.29) is 17.7 Å². The molecule has 0 spiro atoms. The first-order valence-electron chi connectivity index (χ1n) is 12.8. The summed E-state index contributed by atoms with van der Waals surface area (Å²) in [6.07, 6.45) is 0.637. The molecule has 2 aromatic carbocycles. The molecule has 2 rings (SSSR count). The fraction of sp³-hybridized carbons (Fsp3) is 0.464. The summed E-state index contributed by atoms with van der Waals surface area (Å²) in [5.41, 5.74) is 5.86. The van der Waals surface area contributed by atoms with Crippen molar-refractivity contribution in [1.29, 1.82) is 0 Å². The third kappa shape index (κ3) is 7.77. The average Bonchev–Trinajstić information content (AvgIpc) is 2.87. The molecule has 0 radical (unpaired) electrons. The van der Waals surface area contributed by atoms with Crippen molar-refractivity contribution in [3.05, 3.63) is 48.0 Å². The highest BCUT2D eigenvalue weighted by Crippen LogP contribution is 2.25. The van der Waals surface area contributed by atoms with E-state index in [2.05, 4.69) is 21.3 Å². The van der Waals surface area contributed by atoms with Gasteiger partial charge in [0.15, 0.2) is 0 Å². The van der Waals surface area contributed by atoms with Crippen LogP contribution in [-0.4, -0.2) is 47.7 Å². The highest BCUT2D eigenvalue weighted by Gasteiger charge is 2.34. The van der Waals surface area contributed by atoms with Crippen molar-refractivity contribution in [2.24, 2.45) is 17.6 Å². The van der Waals surface area contributed by atoms with Gasteiger partial charge in [-0.15, -0.1) is 0 Å². The molecule has 0 heterocycles. The summed E-state index contributed by atoms with van der Waals surface area (Å²) in [7, 11) is 0. The zero-order chi connectivity index (χ0) is 28.6. The first-order valence-corrected chi connectivity index (χ1v) is 12.8. The molecule has 5 amide bonds. The number of carbonyl (C=O) groups excluding carboxylic acids is 5. The molecule has 5 unspecified atom stereocenters. The minimum Gasteiger partial charge on any atom is -0.368 e. The van der Waals surface area contributed by atoms with Gasteiger partial charge in [-0.1, -0.05) is 76.6 Å². The molecular weight excluding hydrogens is 486 g/mol. The molecule has 0 aliphatic heterocycles. The molecule has 0 saturated carbocycles. The third-order valence-corrected chi connectivity index (χ3v) is 6.57. The maximum absolute atomic E-state index is 13.6. The van der Waals surface area contributed by atoms with Crippen LogP contribution in [-0.2, 0) is 24.0 Å². The highest BCUT2D eigenvalue weighted by atomic mass is 16.2. The van der Waals surface area contributed by atoms with Crippen molar-refractivity contribution in [2.45, 2.75) is 72.1 Å². The van der Waals surface area contributed by atoms with E-state index in [9.17, 15) is 24.0 Å². The number of hydrogen-bond acceptors (Lipinski definition) is 5. The Hall–Kier alpha value is -3.95. The second kappa shape index (κ2) is 13.6. The monoisotopic (exact) mass is 525 g/mol. The van der Waals surface area contributed by atoms with E-state index in [0.717, 1.165) is 10.8 Å². The molecule has 2 aromatic rings. The predicted molar refractivity (Wildman–Crippen MR) is 145 cm³/mol. The van der Waals surface area contributed by atoms with Crippen molar-refractivity contribution >= 4 is 40.3 Å². The topological polar surface area (TPSA) is 159 Å². The first kappa shape index (κ1) is 30.3. The smallest absolute Gasteiger partial charge is 0.247 e. The molecule has 10 nitrogen and oxygen atoms in total. The summed E-state index contributed by atoms with van der Waals surface area (Å²) in [5, 5.41) is 12.4. The summed E-state index contributed by atoms with van der Waals surface area (Å²) < 4.78 is 0. The van der Waals surface area contributed by atoms with Gasteiger partial charge in [0.05, 0.1) is 0 Å². The van der Waals surface area contributed by atoms with Crippen LogP contribution in [0.3, 0.4) is 0 Å². The van der Waals surface area contributed by atoms with E-state index < -0.39 is 47.8 Å². The lowest BCUT2D eigenvalue weighted by Crippen LogP contribution is -2.58. The quantitative estimate of drug-likeness (QED) is 0.285. The summed E-state index contributed by atoms with van der Waals surface area (Å²) >= 11 is 0. The Balaban J connectivity index is 2.42. The van der Waals surface area contributed by atoms with Crippen LogP contribution in [0.2, 0.25) is 0 Å². The SMILES string of the molecule is CCC(C)C(NC(C)=O)C(=O)NC(C(=O)NC(C(=O)NC(C)C(N)=O)c1cccc2ccccc12)C(C)C. The van der Waals surface area contributed by atoms with Crippen LogP contribution < -0.4 is 27.0 Å². The lowest BCUT2D eigenvalue weighted by Gasteiger charge is -2.29. The molecule has 0 fully saturated rings. The van der Waals surface area contributed by atoms with E-state index in [1.54, 1.807) is 26.0 Å². The zero-order valence-electron chi connectivity index (χ0n) is 22.8. The lowest BCUT2D eigenvalue weighted by atomic mass is 9.95. The van der Waals surface area contributed by atoms with Gasteiger partial charge in [0.25, 0.3) is 0 Å². The minimum absolute atomic E-state index is 0.167. The van der Waals surface area contributed by atoms with Gasteiger partial charge in [0.2, 0.25) is 29.5 Å². The normalized spacial score (nSPS) is 15.0. The van der Waals surface area contributed by atoms with Gasteiger partial charge in [0.1, 0.15) is 24.2 Å². The summed E-state index contributed by atoms with van der Waals surface area (Å²) in [4.78, 5) is 63.4. The van der Waals surface area contributed by atoms with Crippen LogP contribution in [0.15, 0.2) is 42.5 Å². The molecule has 206 valence electrons. The Morgan fingerprint density at radius 1 is 0.763 bits per heavy atom. The van der Waals surface area contributed by atoms with Gasteiger partial charge in [-0.05, 0) is 35.1 Å². The van der Waals surface area contributed by atoms with Crippen molar-refractivity contribution in [3.63, 3.8) is 0 Å². The Bertz CT molecular complexity index is 1180. The number of carbonyl (C=O) groups is 5. The predicted octanol–water partition coefficient (Wildman–Crippen LogP) is 1.68. The summed E-state index contributed by atoms with van der Waals surface area (Å²) in [6, 6.07) is 8.83. The van der Waals surface area contributed by atoms with Gasteiger partial charge in [-0.2, -0.15) is 0 Å². The van der Waals surface area contributed by atoms with Gasteiger partial charge in [-0.25, -0.2) is 0 Å². The van der Waals surface area contributed by atoms with Crippen LogP contribution in [0.4, 0.5) is 0 Å². The van der Waals surface area contributed by atoms with Crippen molar-refractivity contribution in [3.8, 4) is 0 Å². The standard InChI is InChI=1S/C28H39N5O5/c1-7-16(4)23(31-18(6)34)27(37)32-22(15(2)3)26(36)33-24(28(38)30-17(5)25(29)35)21-14-10-12-19-11-8-9-13-20(19)21/h8-17,22-24H,7H2,1-6H3,(H2,29,35)(H,30,38)(H,31,34)(H,32,37)(H,33,36). The van der Waals surface area contributed by atoms with Crippen LogP contribution in [0, 0.1) is 11.8 Å². The van der Waals surface area contributed by atoms with Crippen molar-refractivity contribution in [2.75, 3.05) is 0 Å². The second-order valence-electron chi connectivity index (χ2n) is 9.94. The number of fused-ring (bicyclic) bond motifs is 1. The number of primary amides is 1. The fourth-order valence-electron chi connectivity index (χ4n) is 4.09. The number of nitrogens with two attached hydrogens (primary N) is 1. The zero-order valence-corrected chi connectivity index (χ0v) is 22.8. The van der Waals surface area contributed by atoms with E-state index in [1.807, 2.05) is 44.2 Å². The Labute approximate surface area is 223 Å². The molecule has 38 heavy (non-hydrogen) atoms. The van der Waals surface area contributed by atoms with Crippen LogP contribution in [0.1, 0.15) is 59.6 Å². The van der Waals surface area contributed by atoms with Crippen LogP contribution >= 0.6 is 0 Å². The molecule has 6 N–H and O–H groups in total. The Morgan fingerprint density at radius 3 is 1.95 bits per heavy atom. The molecule has 0 aromatic heterocycles. The van der Waals surface area contributed by atoms with E-state index in [1.165, 1.54) is 13.8 Å². The van der Waals surface area contributed by atoms with E-state index in [4.69, 9.17) is 5.73 Å². The number of benzene rings is 2. The Morgan fingerprint density at radius 2 is 1.37 bits per heavy atom. The molecule has 0 aliphatic rings. The van der Waals surface area contributed by atoms with E-state index in [0.29, 0.717) is 12.0 Å². The number of amides is 5. The van der Waals surface area contributed by atoms with Crippen LogP contribution in [0.5, 0.6) is 0 Å². The van der Waals surface area contributed by atoms with Crippen molar-refractivity contribution in [1.82, 2.24) is 21.3 Å². The van der Waals surface area contributed by atoms with Gasteiger partial charge in [-0.3, -0.25) is 24.0 Å². The summed E-state index contributed by atoms with van der Waals surface area (Å²) in [5.74, 6) is -3.27. The van der Waals surface area contributed by atoms with Gasteiger partial charge >= 0.3 is 0 Å². The number of nitrogens with one attached hydrogen (secondary N) is 4. The maximum Gasteiger partial charge on any atom is 0.247 e. The molecule has 0 aliphatic carbocycles. The Kier molecular flexibility index (Phi) is 10.8. The maximum atomic E-state index is 13.6. The molecule has 5 atom stereocenters. The largest absolute Gasteiger partial charge is 0.368 e. The molecule has 0 bridgehead atoms. The van der Waals surface area contributed by atoms with Crippen LogP contribution in [0.25, 0.3) is 10.8 Å². The highest BCUT2D eigenvalue weighted by molar-refractivity contribution is 5.98. The molecule has 10 heteroatoms. The lowest BCUT2D eigenvalue weighted by molar-refractivity contribution is -0.135. The molecular formula is C28H39N5O5. The third-order valence-electron chi connectivity index (χ3n) is 6.57. The van der Waals surface area contributed by atoms with Gasteiger partial charge in [0, 0.05) is 6.92 Å². The van der Waals surface area contributed by atoms with E-state index >= 15 is 0 Å². The minimum atomic E-state index is -1.17. The second-order valence-corrected chi connectivity index (χ2v) is 9.94. The molecule has 0 saturated heterocycles. The average molecular weight is 526 g/mol. The summed E-state index contributed by atoms with van der Waals surface area (Å²) in [6.45, 7) is 10.1. The fourth-order valence-corrected chi connectivity index (χ4v) is 4.09. The van der Waals surface area contributed by atoms with Crippen molar-refractivity contribution < 1.29 is 24.0 Å². The number of hydrogen-bond donors (Lipinski definition) is 5. The van der Waals surface area contributed by atoms with Gasteiger partial charge < -0.3 is 27.0 Å². The number of rotatable bonds is 12.